The molecule has 1 fully saturated rings. The van der Waals surface area contributed by atoms with Gasteiger partial charge < -0.3 is 21.1 Å². The number of halogens is 1. The molecule has 7 heteroatoms. The van der Waals surface area contributed by atoms with Crippen molar-refractivity contribution in [3.63, 3.8) is 0 Å². The minimum absolute atomic E-state index is 0. The largest absolute Gasteiger partial charge is 0.484 e. The van der Waals surface area contributed by atoms with Crippen LogP contribution in [0.5, 0.6) is 5.75 Å². The van der Waals surface area contributed by atoms with Crippen LogP contribution in [0.3, 0.4) is 0 Å². The predicted octanol–water partition coefficient (Wildman–Crippen LogP) is 4.36. The topological polar surface area (TPSA) is 93.5 Å². The quantitative estimate of drug-likeness (QED) is 0.578. The van der Waals surface area contributed by atoms with Crippen LogP contribution in [0.2, 0.25) is 0 Å². The molecule has 2 aromatic rings. The van der Waals surface area contributed by atoms with Crippen LogP contribution in [0, 0.1) is 5.41 Å². The van der Waals surface area contributed by atoms with Crippen LogP contribution in [-0.2, 0) is 9.59 Å². The number of para-hydroxylation sites is 1. The summed E-state index contributed by atoms with van der Waals surface area (Å²) in [6.07, 6.45) is 5.96. The lowest BCUT2D eigenvalue weighted by Gasteiger charge is -2.35. The predicted molar refractivity (Wildman–Crippen MR) is 122 cm³/mol. The van der Waals surface area contributed by atoms with Crippen LogP contribution >= 0.6 is 12.4 Å². The Morgan fingerprint density at radius 1 is 0.900 bits per heavy atom. The maximum absolute atomic E-state index is 12.6. The molecule has 30 heavy (non-hydrogen) atoms. The molecule has 6 nitrogen and oxygen atoms in total. The molecule has 0 heterocycles. The smallest absolute Gasteiger partial charge is 0.262 e. The molecular weight excluding hydrogens is 402 g/mol. The molecule has 162 valence electrons. The zero-order valence-electron chi connectivity index (χ0n) is 17.1. The third-order valence-electron chi connectivity index (χ3n) is 5.43. The van der Waals surface area contributed by atoms with Gasteiger partial charge in [0.2, 0.25) is 5.91 Å². The van der Waals surface area contributed by atoms with Crippen molar-refractivity contribution in [1.29, 1.82) is 0 Å². The lowest BCUT2D eigenvalue weighted by atomic mass is 9.71. The first-order valence-corrected chi connectivity index (χ1v) is 10.2. The maximum Gasteiger partial charge on any atom is 0.262 e. The fourth-order valence-corrected chi connectivity index (χ4v) is 3.83. The molecule has 3 rings (SSSR count). The minimum Gasteiger partial charge on any atom is -0.484 e. The summed E-state index contributed by atoms with van der Waals surface area (Å²) in [5.74, 6) is 0.251. The van der Waals surface area contributed by atoms with Gasteiger partial charge >= 0.3 is 0 Å². The van der Waals surface area contributed by atoms with Crippen molar-refractivity contribution < 1.29 is 14.3 Å². The number of nitrogens with one attached hydrogen (secondary N) is 2. The van der Waals surface area contributed by atoms with E-state index in [0.717, 1.165) is 31.4 Å². The molecule has 0 unspecified atom stereocenters. The van der Waals surface area contributed by atoms with Crippen molar-refractivity contribution in [3.05, 3.63) is 54.6 Å². The van der Waals surface area contributed by atoms with Gasteiger partial charge in [0.15, 0.2) is 6.61 Å². The summed E-state index contributed by atoms with van der Waals surface area (Å²) in [6, 6.07) is 16.3. The minimum atomic E-state index is -0.243. The average Bonchev–Trinajstić information content (AvgIpc) is 2.74. The van der Waals surface area contributed by atoms with Crippen LogP contribution in [0.15, 0.2) is 54.6 Å². The van der Waals surface area contributed by atoms with Gasteiger partial charge in [-0.15, -0.1) is 12.4 Å². The van der Waals surface area contributed by atoms with Gasteiger partial charge in [0.1, 0.15) is 5.75 Å². The zero-order chi connectivity index (χ0) is 20.5. The van der Waals surface area contributed by atoms with Gasteiger partial charge in [0.25, 0.3) is 5.91 Å². The lowest BCUT2D eigenvalue weighted by Crippen LogP contribution is -2.36. The standard InChI is InChI=1S/C23H29N3O3.ClH/c24-17-23(12-5-2-6-13-23)15-21(27)26-19-10-7-11-20(14-19)29-16-22(28)25-18-8-3-1-4-9-18;/h1,3-4,7-11,14H,2,5-6,12-13,15-17,24H2,(H,25,28)(H,26,27);1H. The maximum atomic E-state index is 12.6. The summed E-state index contributed by atoms with van der Waals surface area (Å²) >= 11 is 0. The molecule has 0 radical (unpaired) electrons. The number of hydrogen-bond acceptors (Lipinski definition) is 4. The summed E-state index contributed by atoms with van der Waals surface area (Å²) in [6.45, 7) is 0.433. The van der Waals surface area contributed by atoms with Gasteiger partial charge in [0, 0.05) is 23.9 Å². The van der Waals surface area contributed by atoms with E-state index in [4.69, 9.17) is 10.5 Å². The van der Waals surface area contributed by atoms with E-state index >= 15 is 0 Å². The number of benzene rings is 2. The molecule has 0 bridgehead atoms. The van der Waals surface area contributed by atoms with E-state index in [2.05, 4.69) is 10.6 Å². The lowest BCUT2D eigenvalue weighted by molar-refractivity contribution is -0.119. The van der Waals surface area contributed by atoms with Crippen molar-refractivity contribution in [1.82, 2.24) is 0 Å². The monoisotopic (exact) mass is 431 g/mol. The highest BCUT2D eigenvalue weighted by molar-refractivity contribution is 5.92. The highest BCUT2D eigenvalue weighted by Crippen LogP contribution is 2.38. The number of ether oxygens (including phenoxy) is 1. The Labute approximate surface area is 184 Å². The first-order valence-electron chi connectivity index (χ1n) is 10.2. The van der Waals surface area contributed by atoms with Crippen molar-refractivity contribution in [3.8, 4) is 5.75 Å². The number of hydrogen-bond donors (Lipinski definition) is 3. The van der Waals surface area contributed by atoms with E-state index in [-0.39, 0.29) is 36.2 Å². The van der Waals surface area contributed by atoms with Gasteiger partial charge in [-0.3, -0.25) is 9.59 Å². The Morgan fingerprint density at radius 3 is 2.27 bits per heavy atom. The van der Waals surface area contributed by atoms with Crippen molar-refractivity contribution >= 4 is 35.6 Å². The second kappa shape index (κ2) is 11.6. The fourth-order valence-electron chi connectivity index (χ4n) is 3.83. The Hall–Kier alpha value is -2.57. The molecule has 2 amide bonds. The molecule has 0 aliphatic heterocycles. The number of carbonyl (C=O) groups is 2. The van der Waals surface area contributed by atoms with Crippen molar-refractivity contribution in [2.45, 2.75) is 38.5 Å². The number of rotatable bonds is 8. The normalized spacial score (nSPS) is 14.8. The summed E-state index contributed by atoms with van der Waals surface area (Å²) in [5, 5.41) is 5.71. The van der Waals surface area contributed by atoms with Crippen LogP contribution < -0.4 is 21.1 Å². The van der Waals surface area contributed by atoms with E-state index < -0.39 is 0 Å². The second-order valence-electron chi connectivity index (χ2n) is 7.72. The van der Waals surface area contributed by atoms with E-state index in [1.165, 1.54) is 6.42 Å². The third kappa shape index (κ3) is 7.04. The zero-order valence-corrected chi connectivity index (χ0v) is 17.9. The number of nitrogens with two attached hydrogens (primary N) is 1. The summed E-state index contributed by atoms with van der Waals surface area (Å²) in [5.41, 5.74) is 7.28. The van der Waals surface area contributed by atoms with Crippen molar-refractivity contribution in [2.24, 2.45) is 11.1 Å². The van der Waals surface area contributed by atoms with Gasteiger partial charge in [-0.05, 0) is 49.1 Å². The molecule has 0 spiro atoms. The highest BCUT2D eigenvalue weighted by Gasteiger charge is 2.32. The summed E-state index contributed by atoms with van der Waals surface area (Å²) in [7, 11) is 0. The third-order valence-corrected chi connectivity index (χ3v) is 5.43. The van der Waals surface area contributed by atoms with Crippen LogP contribution in [-0.4, -0.2) is 25.0 Å². The van der Waals surface area contributed by atoms with Gasteiger partial charge in [-0.1, -0.05) is 43.5 Å². The van der Waals surface area contributed by atoms with Crippen LogP contribution in [0.1, 0.15) is 38.5 Å². The number of amides is 2. The average molecular weight is 432 g/mol. The summed E-state index contributed by atoms with van der Waals surface area (Å²) in [4.78, 5) is 24.6. The molecule has 4 N–H and O–H groups in total. The molecular formula is C23H30ClN3O3. The Kier molecular flexibility index (Phi) is 9.15. The van der Waals surface area contributed by atoms with Gasteiger partial charge in [-0.25, -0.2) is 0 Å². The molecule has 0 aromatic heterocycles. The summed E-state index contributed by atoms with van der Waals surface area (Å²) < 4.78 is 5.57. The number of anilines is 2. The number of carbonyl (C=O) groups excluding carboxylic acids is 2. The van der Waals surface area contributed by atoms with E-state index in [1.54, 1.807) is 18.2 Å². The molecule has 1 aliphatic carbocycles. The molecule has 1 aliphatic rings. The Balaban J connectivity index is 0.00000320. The van der Waals surface area contributed by atoms with Crippen molar-refractivity contribution in [2.75, 3.05) is 23.8 Å². The van der Waals surface area contributed by atoms with Crippen LogP contribution in [0.4, 0.5) is 11.4 Å². The fraction of sp³-hybridized carbons (Fsp3) is 0.391. The Bertz CT molecular complexity index is 823. The molecule has 0 saturated heterocycles. The van der Waals surface area contributed by atoms with Gasteiger partial charge in [0.05, 0.1) is 0 Å². The second-order valence-corrected chi connectivity index (χ2v) is 7.72. The first-order chi connectivity index (χ1) is 14.1. The van der Waals surface area contributed by atoms with Crippen LogP contribution in [0.25, 0.3) is 0 Å². The van der Waals surface area contributed by atoms with E-state index in [0.29, 0.717) is 24.4 Å². The Morgan fingerprint density at radius 2 is 1.57 bits per heavy atom. The molecule has 0 atom stereocenters. The SMILES string of the molecule is Cl.NCC1(CC(=O)Nc2cccc(OCC(=O)Nc3ccccc3)c2)CCCCC1. The molecule has 1 saturated carbocycles. The first kappa shape index (κ1) is 23.7. The molecule has 2 aromatic carbocycles. The highest BCUT2D eigenvalue weighted by atomic mass is 35.5. The van der Waals surface area contributed by atoms with E-state index in [9.17, 15) is 9.59 Å². The van der Waals surface area contributed by atoms with E-state index in [1.807, 2.05) is 36.4 Å². The van der Waals surface area contributed by atoms with Gasteiger partial charge in [-0.2, -0.15) is 0 Å².